The van der Waals surface area contributed by atoms with Crippen molar-refractivity contribution in [1.29, 1.82) is 0 Å². The van der Waals surface area contributed by atoms with E-state index in [1.165, 1.54) is 49.2 Å². The molecule has 0 saturated carbocycles. The molecule has 0 spiro atoms. The van der Waals surface area contributed by atoms with E-state index in [1.807, 2.05) is 17.9 Å². The van der Waals surface area contributed by atoms with Crippen molar-refractivity contribution < 1.29 is 0 Å². The van der Waals surface area contributed by atoms with Crippen molar-refractivity contribution in [2.45, 2.75) is 39.3 Å². The molecule has 1 aliphatic heterocycles. The molecule has 1 saturated heterocycles. The Bertz CT molecular complexity index is 727. The molecule has 0 aliphatic carbocycles. The summed E-state index contributed by atoms with van der Waals surface area (Å²) in [6.07, 6.45) is 7.92. The van der Waals surface area contributed by atoms with Crippen LogP contribution in [0.15, 0.2) is 41.7 Å². The summed E-state index contributed by atoms with van der Waals surface area (Å²) in [5.41, 5.74) is 3.83. The summed E-state index contributed by atoms with van der Waals surface area (Å²) in [6.45, 7) is 6.88. The molecule has 6 nitrogen and oxygen atoms in total. The monoisotopic (exact) mass is 368 g/mol. The SMILES string of the molecule is CN=C(NCCn1cc(C)cn1)N(C)Cc1ccc(N2CCCCC2)cc1. The first kappa shape index (κ1) is 19.3. The molecule has 1 N–H and O–H groups in total. The summed E-state index contributed by atoms with van der Waals surface area (Å²) in [4.78, 5) is 9.06. The molecule has 2 aromatic rings. The van der Waals surface area contributed by atoms with Gasteiger partial charge in [0.2, 0.25) is 0 Å². The van der Waals surface area contributed by atoms with Gasteiger partial charge >= 0.3 is 0 Å². The average Bonchev–Trinajstić information content (AvgIpc) is 3.11. The largest absolute Gasteiger partial charge is 0.372 e. The molecule has 146 valence electrons. The summed E-state index contributed by atoms with van der Waals surface area (Å²) >= 11 is 0. The van der Waals surface area contributed by atoms with Crippen LogP contribution < -0.4 is 10.2 Å². The van der Waals surface area contributed by atoms with Gasteiger partial charge in [-0.2, -0.15) is 5.10 Å². The molecule has 0 unspecified atom stereocenters. The van der Waals surface area contributed by atoms with Gasteiger partial charge in [0.05, 0.1) is 12.7 Å². The molecule has 3 rings (SSSR count). The number of aryl methyl sites for hydroxylation is 1. The zero-order chi connectivity index (χ0) is 19.1. The van der Waals surface area contributed by atoms with Crippen molar-refractivity contribution in [3.05, 3.63) is 47.8 Å². The van der Waals surface area contributed by atoms with E-state index in [1.54, 1.807) is 0 Å². The lowest BCUT2D eigenvalue weighted by molar-refractivity contribution is 0.470. The second kappa shape index (κ2) is 9.44. The smallest absolute Gasteiger partial charge is 0.193 e. The standard InChI is InChI=1S/C21H32N6/c1-18-15-24-27(16-18)14-11-23-21(22-2)25(3)17-19-7-9-20(10-8-19)26-12-5-4-6-13-26/h7-10,15-16H,4-6,11-14,17H2,1-3H3,(H,22,23). The van der Waals surface area contributed by atoms with E-state index in [2.05, 4.69) is 69.6 Å². The summed E-state index contributed by atoms with van der Waals surface area (Å²) in [6, 6.07) is 8.98. The van der Waals surface area contributed by atoms with E-state index in [9.17, 15) is 0 Å². The van der Waals surface area contributed by atoms with Gasteiger partial charge in [-0.1, -0.05) is 12.1 Å². The van der Waals surface area contributed by atoms with E-state index < -0.39 is 0 Å². The minimum atomic E-state index is 0.798. The highest BCUT2D eigenvalue weighted by molar-refractivity contribution is 5.79. The van der Waals surface area contributed by atoms with Gasteiger partial charge in [0.1, 0.15) is 0 Å². The van der Waals surface area contributed by atoms with Gasteiger partial charge in [0.15, 0.2) is 5.96 Å². The third kappa shape index (κ3) is 5.49. The molecule has 27 heavy (non-hydrogen) atoms. The van der Waals surface area contributed by atoms with Gasteiger partial charge in [0.25, 0.3) is 0 Å². The van der Waals surface area contributed by atoms with Crippen LogP contribution in [0.3, 0.4) is 0 Å². The average molecular weight is 369 g/mol. The van der Waals surface area contributed by atoms with Gasteiger partial charge in [-0.3, -0.25) is 9.67 Å². The van der Waals surface area contributed by atoms with E-state index in [-0.39, 0.29) is 0 Å². The van der Waals surface area contributed by atoms with E-state index in [0.717, 1.165) is 25.6 Å². The van der Waals surface area contributed by atoms with Gasteiger partial charge < -0.3 is 15.1 Å². The fourth-order valence-electron chi connectivity index (χ4n) is 3.57. The van der Waals surface area contributed by atoms with Crippen LogP contribution in [0.2, 0.25) is 0 Å². The molecule has 6 heteroatoms. The Morgan fingerprint density at radius 3 is 2.56 bits per heavy atom. The van der Waals surface area contributed by atoms with Crippen molar-refractivity contribution in [3.8, 4) is 0 Å². The number of nitrogens with zero attached hydrogens (tertiary/aromatic N) is 5. The predicted octanol–water partition coefficient (Wildman–Crippen LogP) is 2.89. The summed E-state index contributed by atoms with van der Waals surface area (Å²) < 4.78 is 1.95. The van der Waals surface area contributed by atoms with Gasteiger partial charge in [-0.25, -0.2) is 0 Å². The summed E-state index contributed by atoms with van der Waals surface area (Å²) in [5, 5.41) is 7.73. The molecule has 0 radical (unpaired) electrons. The highest BCUT2D eigenvalue weighted by Gasteiger charge is 2.11. The zero-order valence-electron chi connectivity index (χ0n) is 16.9. The quantitative estimate of drug-likeness (QED) is 0.629. The van der Waals surface area contributed by atoms with E-state index >= 15 is 0 Å². The Balaban J connectivity index is 1.49. The van der Waals surface area contributed by atoms with Crippen molar-refractivity contribution >= 4 is 11.6 Å². The Labute approximate surface area is 162 Å². The Kier molecular flexibility index (Phi) is 6.74. The van der Waals surface area contributed by atoms with Crippen LogP contribution in [0.4, 0.5) is 5.69 Å². The third-order valence-corrected chi connectivity index (χ3v) is 5.04. The molecular weight excluding hydrogens is 336 g/mol. The molecule has 1 aromatic heterocycles. The maximum Gasteiger partial charge on any atom is 0.193 e. The van der Waals surface area contributed by atoms with E-state index in [4.69, 9.17) is 0 Å². The van der Waals surface area contributed by atoms with Gasteiger partial charge in [-0.05, 0) is 49.4 Å². The number of hydrogen-bond acceptors (Lipinski definition) is 3. The van der Waals surface area contributed by atoms with Crippen LogP contribution >= 0.6 is 0 Å². The molecule has 0 atom stereocenters. The lowest BCUT2D eigenvalue weighted by Gasteiger charge is -2.29. The fourth-order valence-corrected chi connectivity index (χ4v) is 3.57. The molecule has 2 heterocycles. The second-order valence-electron chi connectivity index (χ2n) is 7.32. The fraction of sp³-hybridized carbons (Fsp3) is 0.524. The molecule has 1 aromatic carbocycles. The van der Waals surface area contributed by atoms with Crippen LogP contribution in [-0.2, 0) is 13.1 Å². The van der Waals surface area contributed by atoms with Gasteiger partial charge in [0, 0.05) is 52.2 Å². The maximum absolute atomic E-state index is 4.41. The number of aromatic nitrogens is 2. The highest BCUT2D eigenvalue weighted by Crippen LogP contribution is 2.20. The van der Waals surface area contributed by atoms with Crippen LogP contribution in [0.1, 0.15) is 30.4 Å². The molecule has 0 amide bonds. The van der Waals surface area contributed by atoms with Crippen LogP contribution in [0, 0.1) is 6.92 Å². The number of rotatable bonds is 6. The van der Waals surface area contributed by atoms with Crippen LogP contribution in [-0.4, -0.2) is 54.4 Å². The first-order valence-corrected chi connectivity index (χ1v) is 9.90. The van der Waals surface area contributed by atoms with Gasteiger partial charge in [-0.15, -0.1) is 0 Å². The van der Waals surface area contributed by atoms with E-state index in [0.29, 0.717) is 0 Å². The lowest BCUT2D eigenvalue weighted by atomic mass is 10.1. The third-order valence-electron chi connectivity index (χ3n) is 5.04. The topological polar surface area (TPSA) is 48.7 Å². The summed E-state index contributed by atoms with van der Waals surface area (Å²) in [5.74, 6) is 0.902. The number of guanidine groups is 1. The van der Waals surface area contributed by atoms with Crippen molar-refractivity contribution in [2.75, 3.05) is 38.6 Å². The second-order valence-corrected chi connectivity index (χ2v) is 7.32. The maximum atomic E-state index is 4.41. The first-order chi connectivity index (χ1) is 13.2. The zero-order valence-corrected chi connectivity index (χ0v) is 16.9. The number of benzene rings is 1. The number of nitrogens with one attached hydrogen (secondary N) is 1. The Morgan fingerprint density at radius 1 is 1.19 bits per heavy atom. The molecule has 1 fully saturated rings. The molecule has 1 aliphatic rings. The number of aliphatic imine (C=N–C) groups is 1. The Morgan fingerprint density at radius 2 is 1.93 bits per heavy atom. The van der Waals surface area contributed by atoms with Crippen LogP contribution in [0.25, 0.3) is 0 Å². The minimum absolute atomic E-state index is 0.798. The minimum Gasteiger partial charge on any atom is -0.372 e. The van der Waals surface area contributed by atoms with Crippen LogP contribution in [0.5, 0.6) is 0 Å². The number of piperidine rings is 1. The normalized spacial score (nSPS) is 15.1. The Hall–Kier alpha value is -2.50. The molecular formula is C21H32N6. The van der Waals surface area contributed by atoms with Crippen molar-refractivity contribution in [1.82, 2.24) is 20.0 Å². The highest BCUT2D eigenvalue weighted by atomic mass is 15.3. The molecule has 0 bridgehead atoms. The van der Waals surface area contributed by atoms with Crippen molar-refractivity contribution in [2.24, 2.45) is 4.99 Å². The summed E-state index contributed by atoms with van der Waals surface area (Å²) in [7, 11) is 3.91. The number of anilines is 1. The van der Waals surface area contributed by atoms with Crippen molar-refractivity contribution in [3.63, 3.8) is 0 Å². The lowest BCUT2D eigenvalue weighted by Crippen LogP contribution is -2.39. The first-order valence-electron chi connectivity index (χ1n) is 9.90. The number of hydrogen-bond donors (Lipinski definition) is 1. The predicted molar refractivity (Wildman–Crippen MR) is 112 cm³/mol.